The van der Waals surface area contributed by atoms with Crippen LogP contribution in [0.3, 0.4) is 0 Å². The van der Waals surface area contributed by atoms with Crippen LogP contribution in [0.1, 0.15) is 25.3 Å². The molecular weight excluding hydrogens is 276 g/mol. The maximum Gasteiger partial charge on any atom is 0.124 e. The van der Waals surface area contributed by atoms with Crippen LogP contribution in [-0.2, 0) is 11.2 Å². The molecule has 1 aliphatic heterocycles. The smallest absolute Gasteiger partial charge is 0.124 e. The number of aromatic nitrogens is 2. The Hall–Kier alpha value is -2.14. The predicted molar refractivity (Wildman–Crippen MR) is 88.2 cm³/mol. The summed E-state index contributed by atoms with van der Waals surface area (Å²) in [6.07, 6.45) is 4.79. The lowest BCUT2D eigenvalue weighted by Crippen LogP contribution is -2.28. The SMILES string of the molecule is CC1(Cc2ccc(N)nc2-c2ccnc(N)c2)CCOCC1. The molecule has 1 fully saturated rings. The minimum atomic E-state index is 0.239. The number of hydrogen-bond acceptors (Lipinski definition) is 5. The first-order valence-corrected chi connectivity index (χ1v) is 7.61. The second-order valence-electron chi connectivity index (χ2n) is 6.31. The molecule has 0 unspecified atom stereocenters. The summed E-state index contributed by atoms with van der Waals surface area (Å²) in [7, 11) is 0. The van der Waals surface area contributed by atoms with Crippen molar-refractivity contribution >= 4 is 11.6 Å². The van der Waals surface area contributed by atoms with Gasteiger partial charge in [0.25, 0.3) is 0 Å². The van der Waals surface area contributed by atoms with Crippen LogP contribution >= 0.6 is 0 Å². The normalized spacial score (nSPS) is 17.3. The molecule has 0 radical (unpaired) electrons. The number of hydrogen-bond donors (Lipinski definition) is 2. The fourth-order valence-corrected chi connectivity index (χ4v) is 2.99. The molecule has 0 spiro atoms. The third kappa shape index (κ3) is 3.20. The van der Waals surface area contributed by atoms with Crippen LogP contribution in [0.25, 0.3) is 11.3 Å². The first kappa shape index (κ1) is 14.8. The van der Waals surface area contributed by atoms with Gasteiger partial charge in [0.2, 0.25) is 0 Å². The predicted octanol–water partition coefficient (Wildman–Crippen LogP) is 2.67. The van der Waals surface area contributed by atoms with Gasteiger partial charge in [-0.2, -0.15) is 0 Å². The third-order valence-electron chi connectivity index (χ3n) is 4.37. The number of nitrogens with zero attached hydrogens (tertiary/aromatic N) is 2. The molecule has 2 aromatic rings. The van der Waals surface area contributed by atoms with E-state index in [1.165, 1.54) is 5.56 Å². The molecule has 0 aromatic carbocycles. The number of nitrogens with two attached hydrogens (primary N) is 2. The third-order valence-corrected chi connectivity index (χ3v) is 4.37. The molecule has 0 bridgehead atoms. The number of ether oxygens (including phenoxy) is 1. The molecule has 5 heteroatoms. The van der Waals surface area contributed by atoms with Crippen LogP contribution in [0, 0.1) is 5.41 Å². The van der Waals surface area contributed by atoms with Crippen molar-refractivity contribution in [2.24, 2.45) is 5.41 Å². The molecule has 4 N–H and O–H groups in total. The molecule has 0 amide bonds. The van der Waals surface area contributed by atoms with Crippen molar-refractivity contribution in [2.45, 2.75) is 26.2 Å². The molecule has 22 heavy (non-hydrogen) atoms. The fourth-order valence-electron chi connectivity index (χ4n) is 2.99. The Kier molecular flexibility index (Phi) is 3.98. The van der Waals surface area contributed by atoms with Crippen LogP contribution in [0.15, 0.2) is 30.5 Å². The molecule has 0 saturated carbocycles. The zero-order valence-electron chi connectivity index (χ0n) is 12.9. The van der Waals surface area contributed by atoms with Gasteiger partial charge >= 0.3 is 0 Å². The fraction of sp³-hybridized carbons (Fsp3) is 0.412. The van der Waals surface area contributed by atoms with Crippen molar-refractivity contribution in [3.63, 3.8) is 0 Å². The Morgan fingerprint density at radius 1 is 1.14 bits per heavy atom. The van der Waals surface area contributed by atoms with Crippen LogP contribution in [0.4, 0.5) is 11.6 Å². The molecule has 5 nitrogen and oxygen atoms in total. The first-order chi connectivity index (χ1) is 10.6. The van der Waals surface area contributed by atoms with Gasteiger partial charge in [0, 0.05) is 25.0 Å². The monoisotopic (exact) mass is 298 g/mol. The lowest BCUT2D eigenvalue weighted by Gasteiger charge is -2.34. The van der Waals surface area contributed by atoms with Crippen molar-refractivity contribution in [1.82, 2.24) is 9.97 Å². The Balaban J connectivity index is 1.97. The molecule has 1 aliphatic rings. The van der Waals surface area contributed by atoms with E-state index in [2.05, 4.69) is 23.0 Å². The highest BCUT2D eigenvalue weighted by atomic mass is 16.5. The number of pyridine rings is 2. The molecular formula is C17H22N4O. The zero-order valence-corrected chi connectivity index (χ0v) is 12.9. The first-order valence-electron chi connectivity index (χ1n) is 7.61. The standard InChI is InChI=1S/C17H22N4O/c1-17(5-8-22-9-6-17)11-13-2-3-14(18)21-16(13)12-4-7-20-15(19)10-12/h2-4,7,10H,5-6,8-9,11H2,1H3,(H2,18,21)(H2,19,20). The van der Waals surface area contributed by atoms with E-state index in [0.717, 1.165) is 43.7 Å². The van der Waals surface area contributed by atoms with Crippen molar-refractivity contribution < 1.29 is 4.74 Å². The minimum Gasteiger partial charge on any atom is -0.384 e. The summed E-state index contributed by atoms with van der Waals surface area (Å²) in [6, 6.07) is 7.71. The molecule has 0 aliphatic carbocycles. The molecule has 116 valence electrons. The van der Waals surface area contributed by atoms with Crippen molar-refractivity contribution in [3.8, 4) is 11.3 Å². The van der Waals surface area contributed by atoms with E-state index in [-0.39, 0.29) is 5.41 Å². The van der Waals surface area contributed by atoms with Crippen LogP contribution in [0.5, 0.6) is 0 Å². The zero-order chi connectivity index (χ0) is 15.6. The van der Waals surface area contributed by atoms with Crippen molar-refractivity contribution in [1.29, 1.82) is 0 Å². The summed E-state index contributed by atoms with van der Waals surface area (Å²) in [6.45, 7) is 3.98. The van der Waals surface area contributed by atoms with Gasteiger partial charge in [-0.3, -0.25) is 0 Å². The van der Waals surface area contributed by atoms with Gasteiger partial charge in [-0.1, -0.05) is 13.0 Å². The van der Waals surface area contributed by atoms with E-state index in [1.807, 2.05) is 18.2 Å². The highest BCUT2D eigenvalue weighted by Gasteiger charge is 2.28. The minimum absolute atomic E-state index is 0.239. The van der Waals surface area contributed by atoms with Gasteiger partial charge in [-0.25, -0.2) is 9.97 Å². The molecule has 1 saturated heterocycles. The maximum atomic E-state index is 5.89. The van der Waals surface area contributed by atoms with E-state index in [4.69, 9.17) is 16.2 Å². The maximum absolute atomic E-state index is 5.89. The van der Waals surface area contributed by atoms with Gasteiger partial charge < -0.3 is 16.2 Å². The van der Waals surface area contributed by atoms with Crippen LogP contribution in [-0.4, -0.2) is 23.2 Å². The Labute approximate surface area is 130 Å². The quantitative estimate of drug-likeness (QED) is 0.909. The van der Waals surface area contributed by atoms with Crippen LogP contribution < -0.4 is 11.5 Å². The van der Waals surface area contributed by atoms with Gasteiger partial charge in [0.1, 0.15) is 11.6 Å². The summed E-state index contributed by atoms with van der Waals surface area (Å²) < 4.78 is 5.49. The Bertz CT molecular complexity index is 665. The van der Waals surface area contributed by atoms with Crippen molar-refractivity contribution in [2.75, 3.05) is 24.7 Å². The molecule has 2 aromatic heterocycles. The number of nitrogen functional groups attached to an aromatic ring is 2. The second-order valence-corrected chi connectivity index (χ2v) is 6.31. The molecule has 0 atom stereocenters. The van der Waals surface area contributed by atoms with E-state index in [1.54, 1.807) is 6.20 Å². The van der Waals surface area contributed by atoms with E-state index in [9.17, 15) is 0 Å². The molecule has 3 rings (SSSR count). The van der Waals surface area contributed by atoms with E-state index < -0.39 is 0 Å². The van der Waals surface area contributed by atoms with E-state index in [0.29, 0.717) is 11.6 Å². The summed E-state index contributed by atoms with van der Waals surface area (Å²) in [4.78, 5) is 8.59. The number of rotatable bonds is 3. The summed E-state index contributed by atoms with van der Waals surface area (Å²) in [5.74, 6) is 1.01. The average Bonchev–Trinajstić information content (AvgIpc) is 2.49. The van der Waals surface area contributed by atoms with Crippen molar-refractivity contribution in [3.05, 3.63) is 36.0 Å². The Morgan fingerprint density at radius 2 is 1.91 bits per heavy atom. The summed E-state index contributed by atoms with van der Waals surface area (Å²) >= 11 is 0. The average molecular weight is 298 g/mol. The largest absolute Gasteiger partial charge is 0.384 e. The van der Waals surface area contributed by atoms with Gasteiger partial charge in [-0.15, -0.1) is 0 Å². The van der Waals surface area contributed by atoms with Gasteiger partial charge in [0.15, 0.2) is 0 Å². The lowest BCUT2D eigenvalue weighted by molar-refractivity contribution is 0.0241. The van der Waals surface area contributed by atoms with Gasteiger partial charge in [-0.05, 0) is 48.4 Å². The second kappa shape index (κ2) is 5.93. The summed E-state index contributed by atoms with van der Waals surface area (Å²) in [5, 5.41) is 0. The van der Waals surface area contributed by atoms with Gasteiger partial charge in [0.05, 0.1) is 5.69 Å². The number of anilines is 2. The molecule has 3 heterocycles. The summed E-state index contributed by atoms with van der Waals surface area (Å²) in [5.41, 5.74) is 15.0. The Morgan fingerprint density at radius 3 is 2.64 bits per heavy atom. The van der Waals surface area contributed by atoms with E-state index >= 15 is 0 Å². The highest BCUT2D eigenvalue weighted by molar-refractivity contribution is 5.67. The lowest BCUT2D eigenvalue weighted by atomic mass is 9.76. The van der Waals surface area contributed by atoms with Crippen LogP contribution in [0.2, 0.25) is 0 Å². The highest BCUT2D eigenvalue weighted by Crippen LogP contribution is 2.36. The topological polar surface area (TPSA) is 87.0 Å².